The topological polar surface area (TPSA) is 78.9 Å². The highest BCUT2D eigenvalue weighted by Crippen LogP contribution is 2.38. The fourth-order valence-electron chi connectivity index (χ4n) is 4.41. The van der Waals surface area contributed by atoms with E-state index in [0.717, 1.165) is 44.1 Å². The lowest BCUT2D eigenvalue weighted by Crippen LogP contribution is -2.49. The maximum absolute atomic E-state index is 12.7. The molecule has 1 heterocycles. The van der Waals surface area contributed by atoms with E-state index in [1.54, 1.807) is 11.9 Å². The van der Waals surface area contributed by atoms with E-state index in [0.29, 0.717) is 31.0 Å². The molecule has 0 aliphatic heterocycles. The van der Waals surface area contributed by atoms with Crippen molar-refractivity contribution in [1.82, 2.24) is 20.5 Å². The Morgan fingerprint density at radius 2 is 1.93 bits per heavy atom. The summed E-state index contributed by atoms with van der Waals surface area (Å²) in [6, 6.07) is 3.97. The van der Waals surface area contributed by atoms with Gasteiger partial charge in [-0.25, -0.2) is 4.98 Å². The monoisotopic (exact) mass is 401 g/mol. The summed E-state index contributed by atoms with van der Waals surface area (Å²) in [5.41, 5.74) is 0.744. The molecule has 7 nitrogen and oxygen atoms in total. The number of guanidine groups is 1. The summed E-state index contributed by atoms with van der Waals surface area (Å²) in [5, 5.41) is 6.68. The Morgan fingerprint density at radius 1 is 1.21 bits per heavy atom. The molecular weight excluding hydrogens is 366 g/mol. The van der Waals surface area contributed by atoms with Gasteiger partial charge in [0, 0.05) is 46.5 Å². The SMILES string of the molecule is CN=C(NCc1ccc(OC2CCCC2)nc1)NCC1(C(=O)N(C)C)CCCC1. The van der Waals surface area contributed by atoms with Gasteiger partial charge in [0.15, 0.2) is 5.96 Å². The quantitative estimate of drug-likeness (QED) is 0.543. The second-order valence-corrected chi connectivity index (χ2v) is 8.50. The first-order valence-corrected chi connectivity index (χ1v) is 10.8. The van der Waals surface area contributed by atoms with Crippen LogP contribution in [0.4, 0.5) is 0 Å². The summed E-state index contributed by atoms with van der Waals surface area (Å²) < 4.78 is 5.92. The van der Waals surface area contributed by atoms with Crippen LogP contribution in [0.5, 0.6) is 5.88 Å². The highest BCUT2D eigenvalue weighted by atomic mass is 16.5. The Balaban J connectivity index is 1.49. The maximum atomic E-state index is 12.7. The van der Waals surface area contributed by atoms with Crippen molar-refractivity contribution >= 4 is 11.9 Å². The van der Waals surface area contributed by atoms with Gasteiger partial charge in [-0.05, 0) is 44.1 Å². The molecule has 0 aromatic carbocycles. The van der Waals surface area contributed by atoms with Gasteiger partial charge >= 0.3 is 0 Å². The standard InChI is InChI=1S/C22H35N5O2/c1-23-21(26-16-22(12-6-7-13-22)20(28)27(2)3)25-15-17-10-11-19(24-14-17)29-18-8-4-5-9-18/h10-11,14,18H,4-9,12-13,15-16H2,1-3H3,(H2,23,25,26). The molecule has 160 valence electrons. The van der Waals surface area contributed by atoms with Crippen molar-refractivity contribution in [2.24, 2.45) is 10.4 Å². The Labute approximate surface area is 174 Å². The molecule has 2 N–H and O–H groups in total. The number of aromatic nitrogens is 1. The summed E-state index contributed by atoms with van der Waals surface area (Å²) in [7, 11) is 5.42. The molecule has 7 heteroatoms. The number of hydrogen-bond acceptors (Lipinski definition) is 4. The van der Waals surface area contributed by atoms with E-state index in [9.17, 15) is 4.79 Å². The molecule has 3 rings (SSSR count). The third kappa shape index (κ3) is 5.61. The van der Waals surface area contributed by atoms with Crippen LogP contribution in [0.15, 0.2) is 23.3 Å². The fraction of sp³-hybridized carbons (Fsp3) is 0.682. The molecule has 29 heavy (non-hydrogen) atoms. The first-order chi connectivity index (χ1) is 14.0. The van der Waals surface area contributed by atoms with Crippen molar-refractivity contribution in [3.05, 3.63) is 23.9 Å². The number of hydrogen-bond donors (Lipinski definition) is 2. The molecule has 1 amide bonds. The minimum Gasteiger partial charge on any atom is -0.474 e. The highest BCUT2D eigenvalue weighted by molar-refractivity contribution is 5.85. The van der Waals surface area contributed by atoms with E-state index < -0.39 is 0 Å². The molecule has 2 saturated carbocycles. The number of nitrogens with one attached hydrogen (secondary N) is 2. The predicted octanol–water partition coefficient (Wildman–Crippen LogP) is 2.72. The second kappa shape index (κ2) is 9.94. The van der Waals surface area contributed by atoms with Gasteiger partial charge in [-0.1, -0.05) is 18.9 Å². The van der Waals surface area contributed by atoms with Crippen LogP contribution in [0.2, 0.25) is 0 Å². The molecular formula is C22H35N5O2. The lowest BCUT2D eigenvalue weighted by Gasteiger charge is -2.31. The van der Waals surface area contributed by atoms with Crippen LogP contribution >= 0.6 is 0 Å². The van der Waals surface area contributed by atoms with Crippen LogP contribution in [0.3, 0.4) is 0 Å². The first kappa shape index (κ1) is 21.4. The van der Waals surface area contributed by atoms with E-state index in [1.165, 1.54) is 12.8 Å². The summed E-state index contributed by atoms with van der Waals surface area (Å²) in [6.07, 6.45) is 11.0. The smallest absolute Gasteiger partial charge is 0.230 e. The predicted molar refractivity (Wildman–Crippen MR) is 115 cm³/mol. The Bertz CT molecular complexity index is 690. The van der Waals surface area contributed by atoms with Crippen LogP contribution in [0.25, 0.3) is 0 Å². The van der Waals surface area contributed by atoms with E-state index in [2.05, 4.69) is 20.6 Å². The average Bonchev–Trinajstić information content (AvgIpc) is 3.41. The summed E-state index contributed by atoms with van der Waals surface area (Å²) >= 11 is 0. The Hall–Kier alpha value is -2.31. The largest absolute Gasteiger partial charge is 0.474 e. The molecule has 0 saturated heterocycles. The van der Waals surface area contributed by atoms with Crippen LogP contribution in [0, 0.1) is 5.41 Å². The van der Waals surface area contributed by atoms with E-state index in [1.807, 2.05) is 32.4 Å². The summed E-state index contributed by atoms with van der Waals surface area (Å²) in [6.45, 7) is 1.22. The summed E-state index contributed by atoms with van der Waals surface area (Å²) in [4.78, 5) is 23.2. The number of aliphatic imine (C=N–C) groups is 1. The zero-order valence-corrected chi connectivity index (χ0v) is 18.0. The van der Waals surface area contributed by atoms with E-state index >= 15 is 0 Å². The molecule has 2 aliphatic rings. The number of carbonyl (C=O) groups is 1. The van der Waals surface area contributed by atoms with Crippen LogP contribution in [0.1, 0.15) is 56.9 Å². The molecule has 0 spiro atoms. The third-order valence-electron chi connectivity index (χ3n) is 6.09. The van der Waals surface area contributed by atoms with Crippen molar-refractivity contribution < 1.29 is 9.53 Å². The van der Waals surface area contributed by atoms with E-state index in [4.69, 9.17) is 4.74 Å². The van der Waals surface area contributed by atoms with Crippen molar-refractivity contribution in [3.63, 3.8) is 0 Å². The molecule has 0 unspecified atom stereocenters. The number of amides is 1. The van der Waals surface area contributed by atoms with Gasteiger partial charge in [-0.3, -0.25) is 9.79 Å². The number of nitrogens with zero attached hydrogens (tertiary/aromatic N) is 3. The highest BCUT2D eigenvalue weighted by Gasteiger charge is 2.42. The second-order valence-electron chi connectivity index (χ2n) is 8.50. The van der Waals surface area contributed by atoms with Gasteiger partial charge in [0.25, 0.3) is 0 Å². The number of ether oxygens (including phenoxy) is 1. The van der Waals surface area contributed by atoms with Gasteiger partial charge in [-0.15, -0.1) is 0 Å². The molecule has 1 aromatic heterocycles. The molecule has 0 atom stereocenters. The van der Waals surface area contributed by atoms with Gasteiger partial charge < -0.3 is 20.3 Å². The zero-order valence-electron chi connectivity index (χ0n) is 18.0. The molecule has 2 aliphatic carbocycles. The van der Waals surface area contributed by atoms with Crippen molar-refractivity contribution in [3.8, 4) is 5.88 Å². The van der Waals surface area contributed by atoms with Crippen molar-refractivity contribution in [2.75, 3.05) is 27.7 Å². The first-order valence-electron chi connectivity index (χ1n) is 10.8. The van der Waals surface area contributed by atoms with Crippen LogP contribution in [-0.4, -0.2) is 55.5 Å². The minimum atomic E-state index is -0.318. The van der Waals surface area contributed by atoms with Gasteiger partial charge in [-0.2, -0.15) is 0 Å². The number of carbonyl (C=O) groups excluding carboxylic acids is 1. The third-order valence-corrected chi connectivity index (χ3v) is 6.09. The molecule has 1 aromatic rings. The number of pyridine rings is 1. The molecule has 2 fully saturated rings. The fourth-order valence-corrected chi connectivity index (χ4v) is 4.41. The van der Waals surface area contributed by atoms with Crippen LogP contribution in [-0.2, 0) is 11.3 Å². The van der Waals surface area contributed by atoms with Crippen molar-refractivity contribution in [1.29, 1.82) is 0 Å². The van der Waals surface area contributed by atoms with Gasteiger partial charge in [0.1, 0.15) is 6.10 Å². The van der Waals surface area contributed by atoms with Crippen LogP contribution < -0.4 is 15.4 Å². The Kier molecular flexibility index (Phi) is 7.34. The average molecular weight is 402 g/mol. The zero-order chi connectivity index (χ0) is 20.7. The lowest BCUT2D eigenvalue weighted by atomic mass is 9.84. The Morgan fingerprint density at radius 3 is 2.52 bits per heavy atom. The normalized spacial score (nSPS) is 19.2. The number of rotatable bonds is 7. The molecule has 0 radical (unpaired) electrons. The van der Waals surface area contributed by atoms with Gasteiger partial charge in [0.05, 0.1) is 5.41 Å². The van der Waals surface area contributed by atoms with Crippen molar-refractivity contribution in [2.45, 2.75) is 64.0 Å². The maximum Gasteiger partial charge on any atom is 0.230 e. The van der Waals surface area contributed by atoms with Gasteiger partial charge in [0.2, 0.25) is 11.8 Å². The minimum absolute atomic E-state index is 0.208. The van der Waals surface area contributed by atoms with E-state index in [-0.39, 0.29) is 11.3 Å². The summed E-state index contributed by atoms with van der Waals surface area (Å²) in [5.74, 6) is 1.61. The molecule has 0 bridgehead atoms. The lowest BCUT2D eigenvalue weighted by molar-refractivity contribution is -0.138.